The summed E-state index contributed by atoms with van der Waals surface area (Å²) in [5.74, 6) is 0.230. The van der Waals surface area contributed by atoms with Crippen molar-refractivity contribution in [2.45, 2.75) is 37.3 Å². The third kappa shape index (κ3) is 6.27. The van der Waals surface area contributed by atoms with Crippen LogP contribution >= 0.6 is 11.6 Å². The van der Waals surface area contributed by atoms with E-state index in [4.69, 9.17) is 16.3 Å². The Morgan fingerprint density at radius 1 is 1.17 bits per heavy atom. The Morgan fingerprint density at radius 3 is 2.43 bits per heavy atom. The first-order valence-electron chi connectivity index (χ1n) is 11.5. The van der Waals surface area contributed by atoms with Crippen molar-refractivity contribution in [3.05, 3.63) is 53.1 Å². The van der Waals surface area contributed by atoms with Gasteiger partial charge in [0.25, 0.3) is 0 Å². The standard InChI is InChI=1S/C25H34ClN3O5S/c1-17-14-29(18(2)16-30)25(31)13-19-12-21(27(3)4)8-11-23(19)34-24(17)15-28(5)35(32,33)22-9-6-20(26)7-10-22/h6-12,17-18,24,30H,13-16H2,1-5H3/t17-,18-,24+/m0/s1. The maximum Gasteiger partial charge on any atom is 0.242 e. The van der Waals surface area contributed by atoms with Crippen molar-refractivity contribution in [3.63, 3.8) is 0 Å². The van der Waals surface area contributed by atoms with Gasteiger partial charge in [-0.25, -0.2) is 8.42 Å². The summed E-state index contributed by atoms with van der Waals surface area (Å²) in [5.41, 5.74) is 1.65. The maximum atomic E-state index is 13.2. The van der Waals surface area contributed by atoms with Crippen LogP contribution < -0.4 is 9.64 Å². The monoisotopic (exact) mass is 523 g/mol. The number of carbonyl (C=O) groups excluding carboxylic acids is 1. The van der Waals surface area contributed by atoms with Crippen LogP contribution in [0.15, 0.2) is 47.4 Å². The molecular formula is C25H34ClN3O5S. The van der Waals surface area contributed by atoms with Crippen molar-refractivity contribution in [2.24, 2.45) is 5.92 Å². The second-order valence-electron chi connectivity index (χ2n) is 9.31. The molecule has 0 unspecified atom stereocenters. The molecule has 3 rings (SSSR count). The molecule has 1 aliphatic rings. The fourth-order valence-corrected chi connectivity index (χ4v) is 5.36. The highest BCUT2D eigenvalue weighted by molar-refractivity contribution is 7.89. The number of amides is 1. The van der Waals surface area contributed by atoms with Gasteiger partial charge >= 0.3 is 0 Å². The highest BCUT2D eigenvalue weighted by Crippen LogP contribution is 2.30. The van der Waals surface area contributed by atoms with Crippen LogP contribution in [0.2, 0.25) is 5.02 Å². The van der Waals surface area contributed by atoms with Crippen LogP contribution in [-0.4, -0.2) is 81.6 Å². The first kappa shape index (κ1) is 27.3. The van der Waals surface area contributed by atoms with Crippen LogP contribution in [-0.2, 0) is 21.2 Å². The van der Waals surface area contributed by atoms with E-state index in [9.17, 15) is 18.3 Å². The van der Waals surface area contributed by atoms with Crippen molar-refractivity contribution in [2.75, 3.05) is 45.7 Å². The van der Waals surface area contributed by atoms with Crippen LogP contribution in [0.5, 0.6) is 5.75 Å². The van der Waals surface area contributed by atoms with Crippen molar-refractivity contribution in [3.8, 4) is 5.75 Å². The van der Waals surface area contributed by atoms with Crippen molar-refractivity contribution in [1.29, 1.82) is 0 Å². The molecule has 1 amide bonds. The Kier molecular flexibility index (Phi) is 8.69. The molecule has 35 heavy (non-hydrogen) atoms. The minimum atomic E-state index is -3.78. The molecule has 1 N–H and O–H groups in total. The SMILES string of the molecule is C[C@H]1CN([C@@H](C)CO)C(=O)Cc2cc(N(C)C)ccc2O[C@@H]1CN(C)S(=O)(=O)c1ccc(Cl)cc1. The van der Waals surface area contributed by atoms with Gasteiger partial charge in [-0.3, -0.25) is 4.79 Å². The second-order valence-corrected chi connectivity index (χ2v) is 11.8. The number of aliphatic hydroxyl groups is 1. The molecule has 10 heteroatoms. The Morgan fingerprint density at radius 2 is 1.83 bits per heavy atom. The first-order valence-corrected chi connectivity index (χ1v) is 13.3. The van der Waals surface area contributed by atoms with Gasteiger partial charge in [-0.05, 0) is 49.4 Å². The lowest BCUT2D eigenvalue weighted by atomic mass is 10.0. The van der Waals surface area contributed by atoms with Gasteiger partial charge in [-0.1, -0.05) is 18.5 Å². The number of hydrogen-bond acceptors (Lipinski definition) is 6. The van der Waals surface area contributed by atoms with E-state index in [1.165, 1.54) is 23.5 Å². The smallest absolute Gasteiger partial charge is 0.242 e. The average molecular weight is 524 g/mol. The molecule has 0 radical (unpaired) electrons. The van der Waals surface area contributed by atoms with Gasteiger partial charge in [-0.2, -0.15) is 4.31 Å². The van der Waals surface area contributed by atoms with E-state index in [1.807, 2.05) is 44.1 Å². The lowest BCUT2D eigenvalue weighted by Gasteiger charge is -2.33. The van der Waals surface area contributed by atoms with E-state index in [1.54, 1.807) is 24.0 Å². The number of aliphatic hydroxyl groups excluding tert-OH is 1. The summed E-state index contributed by atoms with van der Waals surface area (Å²) >= 11 is 5.93. The van der Waals surface area contributed by atoms with Crippen LogP contribution in [0, 0.1) is 5.92 Å². The predicted molar refractivity (Wildman–Crippen MR) is 138 cm³/mol. The fraction of sp³-hybridized carbons (Fsp3) is 0.480. The Bertz CT molecular complexity index is 1140. The summed E-state index contributed by atoms with van der Waals surface area (Å²) in [6.07, 6.45) is -0.412. The Hall–Kier alpha value is -2.33. The van der Waals surface area contributed by atoms with Crippen molar-refractivity contribution < 1.29 is 23.1 Å². The third-order valence-electron chi connectivity index (χ3n) is 6.38. The molecule has 0 fully saturated rings. The molecule has 192 valence electrons. The minimum absolute atomic E-state index is 0.0799. The summed E-state index contributed by atoms with van der Waals surface area (Å²) in [7, 11) is 1.57. The quantitative estimate of drug-likeness (QED) is 0.600. The normalized spacial score (nSPS) is 19.9. The Labute approximate surface area is 213 Å². The van der Waals surface area contributed by atoms with Crippen LogP contribution in [0.25, 0.3) is 0 Å². The van der Waals surface area contributed by atoms with Gasteiger partial charge in [0.15, 0.2) is 0 Å². The second kappa shape index (κ2) is 11.2. The molecule has 0 spiro atoms. The number of ether oxygens (including phenoxy) is 1. The number of halogens is 1. The molecule has 1 aliphatic heterocycles. The van der Waals surface area contributed by atoms with Crippen molar-refractivity contribution in [1.82, 2.24) is 9.21 Å². The molecule has 0 aliphatic carbocycles. The van der Waals surface area contributed by atoms with Crippen LogP contribution in [0.4, 0.5) is 5.69 Å². The molecule has 0 bridgehead atoms. The number of rotatable bonds is 7. The lowest BCUT2D eigenvalue weighted by Crippen LogP contribution is -2.48. The van der Waals surface area contributed by atoms with E-state index in [-0.39, 0.29) is 42.3 Å². The molecule has 1 heterocycles. The summed E-state index contributed by atoms with van der Waals surface area (Å²) in [6, 6.07) is 11.3. The zero-order valence-electron chi connectivity index (χ0n) is 20.8. The summed E-state index contributed by atoms with van der Waals surface area (Å²) in [4.78, 5) is 17.0. The highest BCUT2D eigenvalue weighted by Gasteiger charge is 2.33. The zero-order valence-corrected chi connectivity index (χ0v) is 22.4. The number of benzene rings is 2. The molecule has 3 atom stereocenters. The zero-order chi connectivity index (χ0) is 25.9. The van der Waals surface area contributed by atoms with Gasteiger partial charge in [0.1, 0.15) is 11.9 Å². The van der Waals surface area contributed by atoms with E-state index in [0.29, 0.717) is 17.3 Å². The fourth-order valence-electron chi connectivity index (χ4n) is 4.05. The first-order chi connectivity index (χ1) is 16.4. The van der Waals surface area contributed by atoms with E-state index in [2.05, 4.69) is 0 Å². The van der Waals surface area contributed by atoms with Crippen LogP contribution in [0.3, 0.4) is 0 Å². The average Bonchev–Trinajstić information content (AvgIpc) is 2.86. The Balaban J connectivity index is 1.97. The molecular weight excluding hydrogens is 490 g/mol. The number of nitrogens with zero attached hydrogens (tertiary/aromatic N) is 3. The predicted octanol–water partition coefficient (Wildman–Crippen LogP) is 2.88. The number of hydrogen-bond donors (Lipinski definition) is 1. The highest BCUT2D eigenvalue weighted by atomic mass is 35.5. The summed E-state index contributed by atoms with van der Waals surface area (Å²) in [5, 5.41) is 10.2. The van der Waals surface area contributed by atoms with E-state index in [0.717, 1.165) is 11.3 Å². The van der Waals surface area contributed by atoms with Gasteiger partial charge < -0.3 is 19.6 Å². The van der Waals surface area contributed by atoms with Gasteiger partial charge in [0, 0.05) is 49.9 Å². The third-order valence-corrected chi connectivity index (χ3v) is 8.46. The molecule has 0 saturated carbocycles. The number of likely N-dealkylation sites (N-methyl/N-ethyl adjacent to an activating group) is 1. The lowest BCUT2D eigenvalue weighted by molar-refractivity contribution is -0.134. The molecule has 0 aromatic heterocycles. The number of anilines is 1. The topological polar surface area (TPSA) is 90.4 Å². The largest absolute Gasteiger partial charge is 0.488 e. The minimum Gasteiger partial charge on any atom is -0.488 e. The molecule has 2 aromatic rings. The molecule has 8 nitrogen and oxygen atoms in total. The van der Waals surface area contributed by atoms with Gasteiger partial charge in [0.05, 0.1) is 30.5 Å². The summed E-state index contributed by atoms with van der Waals surface area (Å²) in [6.45, 7) is 3.97. The van der Waals surface area contributed by atoms with Crippen molar-refractivity contribution >= 4 is 33.2 Å². The van der Waals surface area contributed by atoms with E-state index < -0.39 is 16.1 Å². The number of fused-ring (bicyclic) bond motifs is 1. The summed E-state index contributed by atoms with van der Waals surface area (Å²) < 4.78 is 34.1. The molecule has 2 aromatic carbocycles. The van der Waals surface area contributed by atoms with Crippen LogP contribution in [0.1, 0.15) is 19.4 Å². The van der Waals surface area contributed by atoms with E-state index >= 15 is 0 Å². The molecule has 0 saturated heterocycles. The number of sulfonamides is 1. The number of carbonyl (C=O) groups is 1. The van der Waals surface area contributed by atoms with Gasteiger partial charge in [-0.15, -0.1) is 0 Å². The maximum absolute atomic E-state index is 13.2. The van der Waals surface area contributed by atoms with Gasteiger partial charge in [0.2, 0.25) is 15.9 Å².